The predicted octanol–water partition coefficient (Wildman–Crippen LogP) is 7.12. The van der Waals surface area contributed by atoms with Gasteiger partial charge in [0.2, 0.25) is 11.8 Å². The van der Waals surface area contributed by atoms with Gasteiger partial charge in [0.15, 0.2) is 0 Å². The first-order valence-corrected chi connectivity index (χ1v) is 13.1. The van der Waals surface area contributed by atoms with Gasteiger partial charge in [0, 0.05) is 28.1 Å². The van der Waals surface area contributed by atoms with Gasteiger partial charge >= 0.3 is 0 Å². The van der Waals surface area contributed by atoms with Crippen LogP contribution < -0.4 is 14.8 Å². The number of aliphatic hydroxyl groups excluding tert-OH is 1. The Morgan fingerprint density at radius 2 is 1.84 bits per heavy atom. The van der Waals surface area contributed by atoms with Crippen molar-refractivity contribution in [3.05, 3.63) is 63.1 Å². The van der Waals surface area contributed by atoms with Crippen LogP contribution in [0.2, 0.25) is 15.1 Å². The van der Waals surface area contributed by atoms with Crippen molar-refractivity contribution in [3.8, 4) is 34.0 Å². The number of methoxy groups -OCH3 is 1. The molecule has 2 heterocycles. The van der Waals surface area contributed by atoms with Crippen molar-refractivity contribution in [1.82, 2.24) is 10.3 Å². The quantitative estimate of drug-likeness (QED) is 0.334. The van der Waals surface area contributed by atoms with Crippen molar-refractivity contribution in [3.63, 3.8) is 0 Å². The zero-order valence-corrected chi connectivity index (χ0v) is 23.5. The first kappa shape index (κ1) is 27.5. The summed E-state index contributed by atoms with van der Waals surface area (Å²) < 4.78 is 11.7. The number of nitrogens with zero attached hydrogens (tertiary/aromatic N) is 1. The molecular weight excluding hydrogens is 535 g/mol. The molecule has 2 N–H and O–H groups in total. The molecule has 196 valence electrons. The molecule has 2 unspecified atom stereocenters. The van der Waals surface area contributed by atoms with E-state index in [1.807, 2.05) is 38.1 Å². The van der Waals surface area contributed by atoms with Gasteiger partial charge in [-0.3, -0.25) is 4.79 Å². The monoisotopic (exact) mass is 562 g/mol. The highest BCUT2D eigenvalue weighted by Crippen LogP contribution is 2.45. The number of halogens is 3. The number of aromatic nitrogens is 1. The normalized spacial score (nSPS) is 17.1. The average molecular weight is 564 g/mol. The maximum atomic E-state index is 12.8. The number of hydrogen-bond acceptors (Lipinski definition) is 5. The highest BCUT2D eigenvalue weighted by atomic mass is 35.5. The number of amides is 1. The van der Waals surface area contributed by atoms with Crippen LogP contribution in [0.1, 0.15) is 45.7 Å². The number of fused-ring (bicyclic) bond motifs is 1. The number of rotatable bonds is 6. The molecule has 1 aromatic heterocycles. The van der Waals surface area contributed by atoms with E-state index in [2.05, 4.69) is 5.32 Å². The highest BCUT2D eigenvalue weighted by Gasteiger charge is 2.38. The van der Waals surface area contributed by atoms with Crippen LogP contribution in [-0.4, -0.2) is 34.8 Å². The molecule has 0 radical (unpaired) electrons. The van der Waals surface area contributed by atoms with E-state index in [0.717, 1.165) is 11.1 Å². The molecule has 1 aliphatic rings. The maximum absolute atomic E-state index is 12.8. The molecule has 6 nitrogen and oxygen atoms in total. The number of carbonyl (C=O) groups excluding carboxylic acids is 1. The van der Waals surface area contributed by atoms with E-state index in [0.29, 0.717) is 49.9 Å². The summed E-state index contributed by atoms with van der Waals surface area (Å²) in [7, 11) is 1.55. The van der Waals surface area contributed by atoms with E-state index in [-0.39, 0.29) is 5.92 Å². The van der Waals surface area contributed by atoms with Gasteiger partial charge < -0.3 is 19.9 Å². The molecule has 2 atom stereocenters. The molecular formula is C28H29Cl3N2O4. The van der Waals surface area contributed by atoms with Crippen molar-refractivity contribution in [2.45, 2.75) is 51.9 Å². The minimum absolute atomic E-state index is 0.225. The van der Waals surface area contributed by atoms with Gasteiger partial charge in [0.25, 0.3) is 0 Å². The Balaban J connectivity index is 1.93. The molecule has 9 heteroatoms. The van der Waals surface area contributed by atoms with Crippen LogP contribution in [0, 0.1) is 5.92 Å². The number of ether oxygens (including phenoxy) is 2. The summed E-state index contributed by atoms with van der Waals surface area (Å²) in [5.41, 5.74) is 2.85. The van der Waals surface area contributed by atoms with E-state index in [1.54, 1.807) is 39.2 Å². The minimum Gasteiger partial charge on any atom is -0.495 e. The largest absolute Gasteiger partial charge is 0.495 e. The van der Waals surface area contributed by atoms with Crippen LogP contribution in [0.3, 0.4) is 0 Å². The first-order chi connectivity index (χ1) is 17.4. The maximum Gasteiger partial charge on any atom is 0.249 e. The van der Waals surface area contributed by atoms with E-state index in [4.69, 9.17) is 49.3 Å². The van der Waals surface area contributed by atoms with Gasteiger partial charge in [-0.2, -0.15) is 0 Å². The summed E-state index contributed by atoms with van der Waals surface area (Å²) in [6.45, 7) is 7.45. The molecule has 4 rings (SSSR count). The third-order valence-corrected chi connectivity index (χ3v) is 7.18. The topological polar surface area (TPSA) is 80.7 Å². The first-order valence-electron chi connectivity index (χ1n) is 11.9. The van der Waals surface area contributed by atoms with Crippen molar-refractivity contribution < 1.29 is 19.4 Å². The Labute approximate surface area is 231 Å². The fourth-order valence-electron chi connectivity index (χ4n) is 4.37. The molecule has 1 aliphatic heterocycles. The molecule has 2 aromatic carbocycles. The van der Waals surface area contributed by atoms with Crippen LogP contribution in [0.25, 0.3) is 22.4 Å². The summed E-state index contributed by atoms with van der Waals surface area (Å²) in [5.74, 6) is 0.221. The van der Waals surface area contributed by atoms with Crippen molar-refractivity contribution in [2.24, 2.45) is 5.92 Å². The number of aliphatic hydroxyl groups is 1. The highest BCUT2D eigenvalue weighted by molar-refractivity contribution is 6.36. The Hall–Kier alpha value is -2.51. The molecule has 0 aliphatic carbocycles. The smallest absolute Gasteiger partial charge is 0.249 e. The zero-order valence-electron chi connectivity index (χ0n) is 21.2. The van der Waals surface area contributed by atoms with Crippen LogP contribution >= 0.6 is 34.8 Å². The third kappa shape index (κ3) is 5.83. The lowest BCUT2D eigenvalue weighted by molar-refractivity contribution is -0.132. The summed E-state index contributed by atoms with van der Waals surface area (Å²) in [6.07, 6.45) is -0.641. The van der Waals surface area contributed by atoms with Gasteiger partial charge in [-0.05, 0) is 61.7 Å². The summed E-state index contributed by atoms with van der Waals surface area (Å²) in [4.78, 5) is 17.8. The molecule has 0 saturated carbocycles. The molecule has 0 bridgehead atoms. The van der Waals surface area contributed by atoms with E-state index in [9.17, 15) is 9.90 Å². The summed E-state index contributed by atoms with van der Waals surface area (Å²) >= 11 is 19.1. The van der Waals surface area contributed by atoms with Gasteiger partial charge in [-0.1, -0.05) is 54.7 Å². The average Bonchev–Trinajstić information content (AvgIpc) is 2.82. The van der Waals surface area contributed by atoms with Gasteiger partial charge in [-0.15, -0.1) is 0 Å². The Morgan fingerprint density at radius 1 is 1.11 bits per heavy atom. The van der Waals surface area contributed by atoms with Gasteiger partial charge in [0.1, 0.15) is 17.5 Å². The van der Waals surface area contributed by atoms with Crippen LogP contribution in [0.4, 0.5) is 0 Å². The van der Waals surface area contributed by atoms with Crippen LogP contribution in [0.5, 0.6) is 11.6 Å². The van der Waals surface area contributed by atoms with E-state index >= 15 is 0 Å². The zero-order chi connectivity index (χ0) is 27.1. The van der Waals surface area contributed by atoms with E-state index < -0.39 is 23.7 Å². The third-order valence-electron chi connectivity index (χ3n) is 6.32. The number of carbonyl (C=O) groups is 1. The molecule has 3 aromatic rings. The second kappa shape index (κ2) is 10.7. The fourth-order valence-corrected chi connectivity index (χ4v) is 5.06. The predicted molar refractivity (Wildman–Crippen MR) is 148 cm³/mol. The lowest BCUT2D eigenvalue weighted by atomic mass is 9.88. The van der Waals surface area contributed by atoms with Crippen molar-refractivity contribution in [2.75, 3.05) is 7.11 Å². The van der Waals surface area contributed by atoms with E-state index in [1.165, 1.54) is 0 Å². The SMILES string of the molecule is COc1cc(-c2cc3c(nc2-c2ccc(Cl)cc2Cl)OC(C)(C)CC3NC(=O)C(O)C(C)C)ccc1Cl. The van der Waals surface area contributed by atoms with Crippen LogP contribution in [0.15, 0.2) is 42.5 Å². The molecule has 0 spiro atoms. The second-order valence-electron chi connectivity index (χ2n) is 10.1. The van der Waals surface area contributed by atoms with Crippen LogP contribution in [-0.2, 0) is 4.79 Å². The number of pyridine rings is 1. The molecule has 0 saturated heterocycles. The Morgan fingerprint density at radius 3 is 2.49 bits per heavy atom. The lowest BCUT2D eigenvalue weighted by Gasteiger charge is -2.38. The summed E-state index contributed by atoms with van der Waals surface area (Å²) in [5, 5.41) is 14.8. The molecule has 0 fully saturated rings. The summed E-state index contributed by atoms with van der Waals surface area (Å²) in [6, 6.07) is 12.2. The second-order valence-corrected chi connectivity index (χ2v) is 11.3. The molecule has 37 heavy (non-hydrogen) atoms. The standard InChI is InChI=1S/C28H29Cl3N2O4/c1-14(2)25(34)26(35)32-22-13-28(3,4)37-27-19(22)12-18(15-6-9-20(30)23(10-15)36-5)24(33-27)17-8-7-16(29)11-21(17)31/h6-12,14,22,25,34H,13H2,1-5H3,(H,32,35). The van der Waals surface area contributed by atoms with Crippen molar-refractivity contribution in [1.29, 1.82) is 0 Å². The van der Waals surface area contributed by atoms with Gasteiger partial charge in [-0.25, -0.2) is 4.98 Å². The number of nitrogens with one attached hydrogen (secondary N) is 1. The fraction of sp³-hybridized carbons (Fsp3) is 0.357. The Bertz CT molecular complexity index is 1340. The minimum atomic E-state index is -1.13. The Kier molecular flexibility index (Phi) is 7.96. The number of benzene rings is 2. The van der Waals surface area contributed by atoms with Gasteiger partial charge in [0.05, 0.1) is 28.9 Å². The molecule has 1 amide bonds. The number of hydrogen-bond donors (Lipinski definition) is 2. The van der Waals surface area contributed by atoms with Crippen molar-refractivity contribution >= 4 is 40.7 Å². The lowest BCUT2D eigenvalue weighted by Crippen LogP contribution is -2.45.